The lowest BCUT2D eigenvalue weighted by molar-refractivity contribution is 0.495. The van der Waals surface area contributed by atoms with Gasteiger partial charge in [0.15, 0.2) is 11.6 Å². The summed E-state index contributed by atoms with van der Waals surface area (Å²) >= 11 is 1.92. The molecule has 2 unspecified atom stereocenters. The molecule has 1 aliphatic carbocycles. The van der Waals surface area contributed by atoms with Crippen molar-refractivity contribution in [1.29, 1.82) is 0 Å². The van der Waals surface area contributed by atoms with E-state index in [1.54, 1.807) is 4.57 Å². The fraction of sp³-hybridized carbons (Fsp3) is 0.500. The standard InChI is InChI=1S/C14H17F2N3S/c1-2-20-9-4-3-8(7-9)19-13-11(18-14(19)17)6-5-10(15)12(13)16/h5-6,8-9H,2-4,7H2,1H3,(H2,17,18). The molecular formula is C14H17F2N3S. The minimum Gasteiger partial charge on any atom is -0.369 e. The van der Waals surface area contributed by atoms with Crippen LogP contribution in [0.4, 0.5) is 14.7 Å². The molecule has 6 heteroatoms. The average molecular weight is 297 g/mol. The lowest BCUT2D eigenvalue weighted by atomic mass is 10.2. The zero-order chi connectivity index (χ0) is 14.3. The number of anilines is 1. The van der Waals surface area contributed by atoms with Crippen molar-refractivity contribution in [2.45, 2.75) is 37.5 Å². The Kier molecular flexibility index (Phi) is 3.58. The maximum absolute atomic E-state index is 14.1. The van der Waals surface area contributed by atoms with Gasteiger partial charge in [-0.05, 0) is 37.1 Å². The molecule has 0 aliphatic heterocycles. The van der Waals surface area contributed by atoms with Gasteiger partial charge in [0.1, 0.15) is 5.52 Å². The lowest BCUT2D eigenvalue weighted by Gasteiger charge is -2.15. The fourth-order valence-electron chi connectivity index (χ4n) is 3.05. The number of halogens is 2. The van der Waals surface area contributed by atoms with Crippen LogP contribution in [-0.2, 0) is 0 Å². The number of nitrogens with zero attached hydrogens (tertiary/aromatic N) is 2. The molecular weight excluding hydrogens is 280 g/mol. The Balaban J connectivity index is 2.03. The van der Waals surface area contributed by atoms with E-state index < -0.39 is 11.6 Å². The van der Waals surface area contributed by atoms with Crippen LogP contribution in [0.2, 0.25) is 0 Å². The Morgan fingerprint density at radius 1 is 1.40 bits per heavy atom. The number of fused-ring (bicyclic) bond motifs is 1. The maximum atomic E-state index is 14.1. The lowest BCUT2D eigenvalue weighted by Crippen LogP contribution is -2.11. The van der Waals surface area contributed by atoms with Crippen molar-refractivity contribution < 1.29 is 8.78 Å². The summed E-state index contributed by atoms with van der Waals surface area (Å²) in [5.74, 6) is -0.355. The largest absolute Gasteiger partial charge is 0.369 e. The molecule has 1 aliphatic rings. The number of hydrogen-bond acceptors (Lipinski definition) is 3. The first-order chi connectivity index (χ1) is 9.61. The second-order valence-corrected chi connectivity index (χ2v) is 6.69. The number of thioether (sulfide) groups is 1. The average Bonchev–Trinajstić information content (AvgIpc) is 2.98. The zero-order valence-corrected chi connectivity index (χ0v) is 12.1. The van der Waals surface area contributed by atoms with Gasteiger partial charge in [-0.1, -0.05) is 6.92 Å². The predicted octanol–water partition coefficient (Wildman–Crippen LogP) is 3.74. The molecule has 0 bridgehead atoms. The van der Waals surface area contributed by atoms with E-state index in [4.69, 9.17) is 5.73 Å². The topological polar surface area (TPSA) is 43.8 Å². The highest BCUT2D eigenvalue weighted by atomic mass is 32.2. The summed E-state index contributed by atoms with van der Waals surface area (Å²) in [4.78, 5) is 4.16. The molecule has 2 atom stereocenters. The van der Waals surface area contributed by atoms with Crippen LogP contribution < -0.4 is 5.73 Å². The molecule has 1 aromatic carbocycles. The summed E-state index contributed by atoms with van der Waals surface area (Å²) in [6.45, 7) is 2.13. The molecule has 3 rings (SSSR count). The number of nitrogen functional groups attached to an aromatic ring is 1. The Bertz CT molecular complexity index is 641. The smallest absolute Gasteiger partial charge is 0.201 e. The van der Waals surface area contributed by atoms with Crippen molar-refractivity contribution in [2.24, 2.45) is 0 Å². The van der Waals surface area contributed by atoms with Gasteiger partial charge in [0, 0.05) is 11.3 Å². The van der Waals surface area contributed by atoms with Gasteiger partial charge in [-0.2, -0.15) is 11.8 Å². The summed E-state index contributed by atoms with van der Waals surface area (Å²) in [6, 6.07) is 2.69. The Morgan fingerprint density at radius 3 is 2.95 bits per heavy atom. The number of aromatic nitrogens is 2. The van der Waals surface area contributed by atoms with Crippen molar-refractivity contribution in [3.05, 3.63) is 23.8 Å². The normalized spacial score (nSPS) is 22.8. The van der Waals surface area contributed by atoms with E-state index in [0.717, 1.165) is 31.1 Å². The molecule has 3 nitrogen and oxygen atoms in total. The molecule has 1 saturated carbocycles. The Hall–Kier alpha value is -1.30. The van der Waals surface area contributed by atoms with Gasteiger partial charge >= 0.3 is 0 Å². The van der Waals surface area contributed by atoms with Crippen LogP contribution >= 0.6 is 11.8 Å². The SMILES string of the molecule is CCSC1CCC(n2c(N)nc3ccc(F)c(F)c32)C1. The molecule has 2 aromatic rings. The third-order valence-corrected chi connectivity index (χ3v) is 5.13. The van der Waals surface area contributed by atoms with E-state index in [-0.39, 0.29) is 17.5 Å². The monoisotopic (exact) mass is 297 g/mol. The van der Waals surface area contributed by atoms with E-state index in [1.807, 2.05) is 11.8 Å². The quantitative estimate of drug-likeness (QED) is 0.938. The number of benzene rings is 1. The zero-order valence-electron chi connectivity index (χ0n) is 11.3. The fourth-order valence-corrected chi connectivity index (χ4v) is 4.18. The van der Waals surface area contributed by atoms with Gasteiger partial charge in [0.05, 0.1) is 5.52 Å². The summed E-state index contributed by atoms with van der Waals surface area (Å²) in [5, 5.41) is 0.568. The Morgan fingerprint density at radius 2 is 2.20 bits per heavy atom. The van der Waals surface area contributed by atoms with Crippen LogP contribution in [0.25, 0.3) is 11.0 Å². The molecule has 20 heavy (non-hydrogen) atoms. The number of nitrogens with two attached hydrogens (primary N) is 1. The summed E-state index contributed by atoms with van der Waals surface area (Å²) < 4.78 is 29.2. The van der Waals surface area contributed by atoms with E-state index in [2.05, 4.69) is 11.9 Å². The second-order valence-electron chi connectivity index (χ2n) is 5.11. The van der Waals surface area contributed by atoms with Gasteiger partial charge in [-0.3, -0.25) is 0 Å². The molecule has 0 radical (unpaired) electrons. The van der Waals surface area contributed by atoms with Gasteiger partial charge in [0.2, 0.25) is 5.95 Å². The van der Waals surface area contributed by atoms with Gasteiger partial charge in [-0.25, -0.2) is 13.8 Å². The Labute approximate surface area is 120 Å². The van der Waals surface area contributed by atoms with E-state index in [0.29, 0.717) is 10.8 Å². The molecule has 1 aromatic heterocycles. The van der Waals surface area contributed by atoms with Crippen LogP contribution in [0, 0.1) is 11.6 Å². The van der Waals surface area contributed by atoms with Crippen molar-refractivity contribution >= 4 is 28.7 Å². The number of imidazole rings is 1. The van der Waals surface area contributed by atoms with Crippen molar-refractivity contribution in [3.8, 4) is 0 Å². The van der Waals surface area contributed by atoms with E-state index in [1.165, 1.54) is 6.07 Å². The number of hydrogen-bond donors (Lipinski definition) is 1. The van der Waals surface area contributed by atoms with Gasteiger partial charge < -0.3 is 10.3 Å². The van der Waals surface area contributed by atoms with E-state index in [9.17, 15) is 8.78 Å². The first-order valence-electron chi connectivity index (χ1n) is 6.84. The first kappa shape index (κ1) is 13.7. The van der Waals surface area contributed by atoms with E-state index >= 15 is 0 Å². The van der Waals surface area contributed by atoms with Crippen LogP contribution in [-0.4, -0.2) is 20.6 Å². The molecule has 0 amide bonds. The van der Waals surface area contributed by atoms with Crippen LogP contribution in [0.5, 0.6) is 0 Å². The highest BCUT2D eigenvalue weighted by molar-refractivity contribution is 7.99. The molecule has 1 heterocycles. The van der Waals surface area contributed by atoms with Crippen molar-refractivity contribution in [3.63, 3.8) is 0 Å². The summed E-state index contributed by atoms with van der Waals surface area (Å²) in [6.07, 6.45) is 2.95. The summed E-state index contributed by atoms with van der Waals surface area (Å²) in [5.41, 5.74) is 6.55. The third kappa shape index (κ3) is 2.16. The molecule has 1 fully saturated rings. The van der Waals surface area contributed by atoms with Gasteiger partial charge in [0.25, 0.3) is 0 Å². The van der Waals surface area contributed by atoms with Crippen molar-refractivity contribution in [1.82, 2.24) is 9.55 Å². The second kappa shape index (κ2) is 5.24. The highest BCUT2D eigenvalue weighted by Crippen LogP contribution is 2.40. The maximum Gasteiger partial charge on any atom is 0.201 e. The molecule has 0 spiro atoms. The number of rotatable bonds is 3. The minimum atomic E-state index is -0.851. The molecule has 108 valence electrons. The predicted molar refractivity (Wildman–Crippen MR) is 78.9 cm³/mol. The minimum absolute atomic E-state index is 0.111. The van der Waals surface area contributed by atoms with Crippen LogP contribution in [0.3, 0.4) is 0 Å². The summed E-state index contributed by atoms with van der Waals surface area (Å²) in [7, 11) is 0. The third-order valence-electron chi connectivity index (χ3n) is 3.89. The van der Waals surface area contributed by atoms with Gasteiger partial charge in [-0.15, -0.1) is 0 Å². The first-order valence-corrected chi connectivity index (χ1v) is 7.89. The highest BCUT2D eigenvalue weighted by Gasteiger charge is 2.29. The molecule has 2 N–H and O–H groups in total. The van der Waals surface area contributed by atoms with Crippen LogP contribution in [0.15, 0.2) is 12.1 Å². The van der Waals surface area contributed by atoms with Crippen LogP contribution in [0.1, 0.15) is 32.2 Å². The molecule has 0 saturated heterocycles. The van der Waals surface area contributed by atoms with Crippen molar-refractivity contribution in [2.75, 3.05) is 11.5 Å².